The average Bonchev–Trinajstić information content (AvgIpc) is 2.23. The molecule has 1 fully saturated rings. The summed E-state index contributed by atoms with van der Waals surface area (Å²) in [5.41, 5.74) is 6.43. The highest BCUT2D eigenvalue weighted by Crippen LogP contribution is 2.33. The molecular weight excluding hydrogens is 232 g/mol. The topological polar surface area (TPSA) is 59.1 Å². The molecule has 17 heavy (non-hydrogen) atoms. The summed E-state index contributed by atoms with van der Waals surface area (Å²) in [7, 11) is 0. The van der Waals surface area contributed by atoms with E-state index in [-0.39, 0.29) is 5.84 Å². The number of nitrogen functional groups attached to an aromatic ring is 1. The maximum absolute atomic E-state index is 7.70. The van der Waals surface area contributed by atoms with Crippen molar-refractivity contribution < 1.29 is 4.74 Å². The van der Waals surface area contributed by atoms with Gasteiger partial charge < -0.3 is 10.5 Å². The minimum atomic E-state index is 0.0934. The molecule has 0 saturated heterocycles. The van der Waals surface area contributed by atoms with Gasteiger partial charge in [0.2, 0.25) is 0 Å². The zero-order chi connectivity index (χ0) is 12.3. The minimum Gasteiger partial charge on any atom is -0.490 e. The molecular formula is C13H18N2OS. The Hall–Kier alpha value is -1.16. The molecule has 0 amide bonds. The Labute approximate surface area is 106 Å². The van der Waals surface area contributed by atoms with Crippen molar-refractivity contribution in [3.8, 4) is 5.75 Å². The summed E-state index contributed by atoms with van der Waals surface area (Å²) < 4.78 is 5.90. The van der Waals surface area contributed by atoms with Crippen LogP contribution in [0.25, 0.3) is 0 Å². The third kappa shape index (κ3) is 2.75. The summed E-state index contributed by atoms with van der Waals surface area (Å²) in [5.74, 6) is 1.82. The standard InChI is InChI=1S/C13H18N2OS/c1-2-17-11-8-4-7-10(12(11)13(14)15)16-9-5-3-6-9/h4,7-9H,2-3,5-6H2,1H3,(H3,14,15). The van der Waals surface area contributed by atoms with E-state index < -0.39 is 0 Å². The predicted octanol–water partition coefficient (Wildman–Crippen LogP) is 3.01. The number of nitrogens with two attached hydrogens (primary N) is 1. The van der Waals surface area contributed by atoms with Crippen molar-refractivity contribution in [2.24, 2.45) is 5.73 Å². The first-order chi connectivity index (χ1) is 8.22. The fourth-order valence-corrected chi connectivity index (χ4v) is 2.66. The molecule has 0 aromatic heterocycles. The highest BCUT2D eigenvalue weighted by molar-refractivity contribution is 7.99. The normalized spacial score (nSPS) is 15.4. The van der Waals surface area contributed by atoms with E-state index in [1.54, 1.807) is 11.8 Å². The molecule has 0 radical (unpaired) electrons. The van der Waals surface area contributed by atoms with Gasteiger partial charge >= 0.3 is 0 Å². The van der Waals surface area contributed by atoms with Crippen LogP contribution in [0.1, 0.15) is 31.7 Å². The van der Waals surface area contributed by atoms with E-state index >= 15 is 0 Å². The molecule has 1 aromatic rings. The Kier molecular flexibility index (Phi) is 3.94. The number of hydrogen-bond donors (Lipinski definition) is 2. The molecule has 3 N–H and O–H groups in total. The van der Waals surface area contributed by atoms with Gasteiger partial charge in [0.05, 0.1) is 11.7 Å². The Morgan fingerprint density at radius 1 is 1.53 bits per heavy atom. The molecule has 4 heteroatoms. The van der Waals surface area contributed by atoms with Crippen LogP contribution in [0.5, 0.6) is 5.75 Å². The fraction of sp³-hybridized carbons (Fsp3) is 0.462. The van der Waals surface area contributed by atoms with E-state index in [1.807, 2.05) is 18.2 Å². The van der Waals surface area contributed by atoms with Gasteiger partial charge in [0, 0.05) is 4.90 Å². The molecule has 1 aliphatic carbocycles. The lowest BCUT2D eigenvalue weighted by Crippen LogP contribution is -2.26. The van der Waals surface area contributed by atoms with Gasteiger partial charge in [-0.1, -0.05) is 13.0 Å². The maximum Gasteiger partial charge on any atom is 0.131 e. The fourth-order valence-electron chi connectivity index (χ4n) is 1.82. The Balaban J connectivity index is 2.28. The van der Waals surface area contributed by atoms with Crippen LogP contribution in [0, 0.1) is 5.41 Å². The maximum atomic E-state index is 7.70. The summed E-state index contributed by atoms with van der Waals surface area (Å²) in [6, 6.07) is 5.88. The van der Waals surface area contributed by atoms with Gasteiger partial charge in [0.15, 0.2) is 0 Å². The van der Waals surface area contributed by atoms with Crippen LogP contribution < -0.4 is 10.5 Å². The van der Waals surface area contributed by atoms with Crippen LogP contribution in [-0.4, -0.2) is 17.7 Å². The van der Waals surface area contributed by atoms with Gasteiger partial charge in [0.1, 0.15) is 11.6 Å². The molecule has 0 heterocycles. The van der Waals surface area contributed by atoms with E-state index in [9.17, 15) is 0 Å². The van der Waals surface area contributed by atoms with E-state index in [1.165, 1.54) is 6.42 Å². The van der Waals surface area contributed by atoms with Crippen molar-refractivity contribution >= 4 is 17.6 Å². The van der Waals surface area contributed by atoms with Crippen LogP contribution in [0.4, 0.5) is 0 Å². The van der Waals surface area contributed by atoms with E-state index in [2.05, 4.69) is 6.92 Å². The van der Waals surface area contributed by atoms with E-state index in [0.717, 1.165) is 34.8 Å². The number of benzene rings is 1. The van der Waals surface area contributed by atoms with Gasteiger partial charge in [-0.2, -0.15) is 0 Å². The van der Waals surface area contributed by atoms with Crippen LogP contribution >= 0.6 is 11.8 Å². The largest absolute Gasteiger partial charge is 0.490 e. The zero-order valence-electron chi connectivity index (χ0n) is 10.0. The first-order valence-electron chi connectivity index (χ1n) is 5.99. The minimum absolute atomic E-state index is 0.0934. The van der Waals surface area contributed by atoms with Crippen LogP contribution in [-0.2, 0) is 0 Å². The van der Waals surface area contributed by atoms with Gasteiger partial charge in [-0.05, 0) is 37.1 Å². The first kappa shape index (κ1) is 12.3. The molecule has 1 saturated carbocycles. The van der Waals surface area contributed by atoms with Gasteiger partial charge in [-0.3, -0.25) is 5.41 Å². The highest BCUT2D eigenvalue weighted by Gasteiger charge is 2.22. The number of rotatable bonds is 5. The second-order valence-corrected chi connectivity index (χ2v) is 5.45. The van der Waals surface area contributed by atoms with Crippen molar-refractivity contribution in [1.82, 2.24) is 0 Å². The summed E-state index contributed by atoms with van der Waals surface area (Å²) in [6.45, 7) is 2.09. The SMILES string of the molecule is CCSc1cccc(OC2CCC2)c1C(=N)N. The summed E-state index contributed by atoms with van der Waals surface area (Å²) in [4.78, 5) is 1.04. The third-order valence-electron chi connectivity index (χ3n) is 2.90. The van der Waals surface area contributed by atoms with Crippen molar-refractivity contribution in [3.05, 3.63) is 23.8 Å². The Morgan fingerprint density at radius 3 is 2.82 bits per heavy atom. The molecule has 0 bridgehead atoms. The second-order valence-electron chi connectivity index (χ2n) is 4.15. The number of thioether (sulfide) groups is 1. The van der Waals surface area contributed by atoms with E-state index in [0.29, 0.717) is 6.10 Å². The molecule has 0 spiro atoms. The van der Waals surface area contributed by atoms with Crippen molar-refractivity contribution in [2.45, 2.75) is 37.2 Å². The number of ether oxygens (including phenoxy) is 1. The van der Waals surface area contributed by atoms with Crippen LogP contribution in [0.2, 0.25) is 0 Å². The van der Waals surface area contributed by atoms with Crippen molar-refractivity contribution in [2.75, 3.05) is 5.75 Å². The molecule has 92 valence electrons. The van der Waals surface area contributed by atoms with Gasteiger partial charge in [0.25, 0.3) is 0 Å². The monoisotopic (exact) mass is 250 g/mol. The van der Waals surface area contributed by atoms with Crippen LogP contribution in [0.15, 0.2) is 23.1 Å². The van der Waals surface area contributed by atoms with Crippen molar-refractivity contribution in [1.29, 1.82) is 5.41 Å². The van der Waals surface area contributed by atoms with Gasteiger partial charge in [-0.15, -0.1) is 11.8 Å². The number of nitrogens with one attached hydrogen (secondary N) is 1. The average molecular weight is 250 g/mol. The highest BCUT2D eigenvalue weighted by atomic mass is 32.2. The molecule has 2 rings (SSSR count). The predicted molar refractivity (Wildman–Crippen MR) is 72.1 cm³/mol. The lowest BCUT2D eigenvalue weighted by molar-refractivity contribution is 0.120. The van der Waals surface area contributed by atoms with Gasteiger partial charge in [-0.25, -0.2) is 0 Å². The molecule has 1 aliphatic rings. The molecule has 1 aromatic carbocycles. The molecule has 0 atom stereocenters. The Bertz CT molecular complexity index is 416. The summed E-state index contributed by atoms with van der Waals surface area (Å²) >= 11 is 1.70. The first-order valence-corrected chi connectivity index (χ1v) is 6.97. The number of hydrogen-bond acceptors (Lipinski definition) is 3. The number of amidine groups is 1. The quantitative estimate of drug-likeness (QED) is 0.480. The molecule has 3 nitrogen and oxygen atoms in total. The Morgan fingerprint density at radius 2 is 2.29 bits per heavy atom. The smallest absolute Gasteiger partial charge is 0.131 e. The molecule has 0 unspecified atom stereocenters. The lowest BCUT2D eigenvalue weighted by atomic mass is 9.96. The second kappa shape index (κ2) is 5.45. The summed E-state index contributed by atoms with van der Waals surface area (Å²) in [6.07, 6.45) is 3.78. The lowest BCUT2D eigenvalue weighted by Gasteiger charge is -2.27. The summed E-state index contributed by atoms with van der Waals surface area (Å²) in [5, 5.41) is 7.70. The van der Waals surface area contributed by atoms with E-state index in [4.69, 9.17) is 15.9 Å². The zero-order valence-corrected chi connectivity index (χ0v) is 10.8. The third-order valence-corrected chi connectivity index (χ3v) is 3.84. The molecule has 0 aliphatic heterocycles. The van der Waals surface area contributed by atoms with Crippen LogP contribution in [0.3, 0.4) is 0 Å². The van der Waals surface area contributed by atoms with Crippen molar-refractivity contribution in [3.63, 3.8) is 0 Å².